The molecule has 1 aromatic heterocycles. The molecule has 0 amide bonds. The van der Waals surface area contributed by atoms with E-state index in [0.29, 0.717) is 18.7 Å². The number of aryl methyl sites for hydroxylation is 1. The first-order valence-corrected chi connectivity index (χ1v) is 6.69. The number of hydrogen-bond acceptors (Lipinski definition) is 4. The Bertz CT molecular complexity index is 415. The summed E-state index contributed by atoms with van der Waals surface area (Å²) < 4.78 is 23.1. The zero-order chi connectivity index (χ0) is 11.3. The maximum absolute atomic E-state index is 11.6. The molecule has 0 aliphatic carbocycles. The van der Waals surface area contributed by atoms with E-state index in [1.807, 2.05) is 19.1 Å². The van der Waals surface area contributed by atoms with Crippen LogP contribution in [0.2, 0.25) is 0 Å². The quantitative estimate of drug-likeness (QED) is 0.803. The largest absolute Gasteiger partial charge is 0.330 e. The van der Waals surface area contributed by atoms with Crippen molar-refractivity contribution in [1.82, 2.24) is 4.98 Å². The van der Waals surface area contributed by atoms with Gasteiger partial charge in [0.15, 0.2) is 9.84 Å². The van der Waals surface area contributed by atoms with Crippen molar-refractivity contribution in [3.05, 3.63) is 29.6 Å². The molecule has 0 aliphatic rings. The van der Waals surface area contributed by atoms with Gasteiger partial charge < -0.3 is 5.73 Å². The van der Waals surface area contributed by atoms with Gasteiger partial charge in [0.1, 0.15) is 0 Å². The predicted octanol–water partition coefficient (Wildman–Crippen LogP) is 0.654. The number of hydrogen-bond donors (Lipinski definition) is 1. The van der Waals surface area contributed by atoms with Crippen LogP contribution >= 0.6 is 0 Å². The second-order valence-electron chi connectivity index (χ2n) is 3.50. The Hall–Kier alpha value is -0.940. The summed E-state index contributed by atoms with van der Waals surface area (Å²) in [5, 5.41) is 0. The van der Waals surface area contributed by atoms with E-state index in [1.165, 1.54) is 0 Å². The zero-order valence-corrected chi connectivity index (χ0v) is 9.63. The van der Waals surface area contributed by atoms with Gasteiger partial charge in [0.25, 0.3) is 0 Å². The highest BCUT2D eigenvalue weighted by Crippen LogP contribution is 2.05. The van der Waals surface area contributed by atoms with Gasteiger partial charge in [0, 0.05) is 5.69 Å². The molecular weight excluding hydrogens is 212 g/mol. The standard InChI is InChI=1S/C10H16N2O2S/c1-9-4-2-5-10(12-9)8-15(13,14)7-3-6-11/h2,4-5H,3,6-8,11H2,1H3. The van der Waals surface area contributed by atoms with Crippen LogP contribution in [0.1, 0.15) is 17.8 Å². The third-order valence-electron chi connectivity index (χ3n) is 1.97. The minimum Gasteiger partial charge on any atom is -0.330 e. The molecule has 5 heteroatoms. The number of sulfone groups is 1. The molecule has 0 bridgehead atoms. The fourth-order valence-electron chi connectivity index (χ4n) is 1.28. The van der Waals surface area contributed by atoms with Crippen LogP contribution in [0.5, 0.6) is 0 Å². The fraction of sp³-hybridized carbons (Fsp3) is 0.500. The van der Waals surface area contributed by atoms with Gasteiger partial charge in [-0.15, -0.1) is 0 Å². The molecule has 0 saturated heterocycles. The van der Waals surface area contributed by atoms with E-state index in [-0.39, 0.29) is 11.5 Å². The smallest absolute Gasteiger partial charge is 0.156 e. The summed E-state index contributed by atoms with van der Waals surface area (Å²) in [6.07, 6.45) is 0.508. The van der Waals surface area contributed by atoms with E-state index in [9.17, 15) is 8.42 Å². The van der Waals surface area contributed by atoms with Crippen molar-refractivity contribution in [2.45, 2.75) is 19.1 Å². The van der Waals surface area contributed by atoms with Gasteiger partial charge in [-0.2, -0.15) is 0 Å². The maximum Gasteiger partial charge on any atom is 0.156 e. The van der Waals surface area contributed by atoms with Gasteiger partial charge in [-0.05, 0) is 32.0 Å². The van der Waals surface area contributed by atoms with Gasteiger partial charge >= 0.3 is 0 Å². The van der Waals surface area contributed by atoms with Crippen LogP contribution in [0.25, 0.3) is 0 Å². The van der Waals surface area contributed by atoms with E-state index in [0.717, 1.165) is 5.69 Å². The van der Waals surface area contributed by atoms with Crippen LogP contribution < -0.4 is 5.73 Å². The molecule has 0 atom stereocenters. The van der Waals surface area contributed by atoms with Crippen LogP contribution in [0.3, 0.4) is 0 Å². The Kier molecular flexibility index (Phi) is 4.23. The molecule has 84 valence electrons. The summed E-state index contributed by atoms with van der Waals surface area (Å²) in [7, 11) is -3.06. The Labute approximate surface area is 90.4 Å². The maximum atomic E-state index is 11.6. The molecule has 1 aromatic rings. The molecule has 15 heavy (non-hydrogen) atoms. The van der Waals surface area contributed by atoms with Crippen molar-refractivity contribution in [1.29, 1.82) is 0 Å². The summed E-state index contributed by atoms with van der Waals surface area (Å²) in [5.41, 5.74) is 6.71. The lowest BCUT2D eigenvalue weighted by Gasteiger charge is -2.03. The SMILES string of the molecule is Cc1cccc(CS(=O)(=O)CCCN)n1. The summed E-state index contributed by atoms with van der Waals surface area (Å²) in [4.78, 5) is 4.16. The predicted molar refractivity (Wildman–Crippen MR) is 60.1 cm³/mol. The third-order valence-corrected chi connectivity index (χ3v) is 3.62. The Balaban J connectivity index is 2.69. The van der Waals surface area contributed by atoms with E-state index in [4.69, 9.17) is 5.73 Å². The Morgan fingerprint density at radius 2 is 2.13 bits per heavy atom. The summed E-state index contributed by atoms with van der Waals surface area (Å²) >= 11 is 0. The van der Waals surface area contributed by atoms with Crippen LogP contribution in [0.4, 0.5) is 0 Å². The molecule has 0 unspecified atom stereocenters. The van der Waals surface area contributed by atoms with Gasteiger partial charge in [-0.3, -0.25) is 4.98 Å². The molecule has 1 rings (SSSR count). The van der Waals surface area contributed by atoms with Crippen molar-refractivity contribution < 1.29 is 8.42 Å². The monoisotopic (exact) mass is 228 g/mol. The average molecular weight is 228 g/mol. The van der Waals surface area contributed by atoms with Crippen LogP contribution in [0.15, 0.2) is 18.2 Å². The van der Waals surface area contributed by atoms with Crippen molar-refractivity contribution in [2.24, 2.45) is 5.73 Å². The molecule has 0 saturated carbocycles. The second-order valence-corrected chi connectivity index (χ2v) is 5.69. The molecular formula is C10H16N2O2S. The molecule has 0 aromatic carbocycles. The van der Waals surface area contributed by atoms with Gasteiger partial charge in [-0.1, -0.05) is 6.07 Å². The van der Waals surface area contributed by atoms with Crippen LogP contribution in [0, 0.1) is 6.92 Å². The summed E-state index contributed by atoms with van der Waals surface area (Å²) in [5.74, 6) is 0.147. The molecule has 0 spiro atoms. The zero-order valence-electron chi connectivity index (χ0n) is 8.81. The lowest BCUT2D eigenvalue weighted by atomic mass is 10.3. The third kappa shape index (κ3) is 4.40. The van der Waals surface area contributed by atoms with Crippen molar-refractivity contribution >= 4 is 9.84 Å². The van der Waals surface area contributed by atoms with E-state index in [2.05, 4.69) is 4.98 Å². The average Bonchev–Trinajstić information content (AvgIpc) is 2.14. The van der Waals surface area contributed by atoms with E-state index >= 15 is 0 Å². The topological polar surface area (TPSA) is 73.0 Å². The highest BCUT2D eigenvalue weighted by Gasteiger charge is 2.11. The first-order valence-electron chi connectivity index (χ1n) is 4.86. The number of nitrogens with zero attached hydrogens (tertiary/aromatic N) is 1. The van der Waals surface area contributed by atoms with Gasteiger partial charge in [0.05, 0.1) is 17.2 Å². The Morgan fingerprint density at radius 3 is 2.73 bits per heavy atom. The minimum absolute atomic E-state index is 0.00861. The van der Waals surface area contributed by atoms with Crippen LogP contribution in [-0.2, 0) is 15.6 Å². The molecule has 0 aliphatic heterocycles. The van der Waals surface area contributed by atoms with E-state index in [1.54, 1.807) is 6.07 Å². The molecule has 1 heterocycles. The molecule has 2 N–H and O–H groups in total. The number of aromatic nitrogens is 1. The fourth-order valence-corrected chi connectivity index (χ4v) is 2.64. The number of nitrogens with two attached hydrogens (primary N) is 1. The van der Waals surface area contributed by atoms with E-state index < -0.39 is 9.84 Å². The van der Waals surface area contributed by atoms with Gasteiger partial charge in [-0.25, -0.2) is 8.42 Å². The van der Waals surface area contributed by atoms with Gasteiger partial charge in [0.2, 0.25) is 0 Å². The highest BCUT2D eigenvalue weighted by molar-refractivity contribution is 7.90. The first kappa shape index (κ1) is 12.1. The summed E-state index contributed by atoms with van der Waals surface area (Å²) in [6, 6.07) is 5.39. The van der Waals surface area contributed by atoms with Crippen molar-refractivity contribution in [3.63, 3.8) is 0 Å². The van der Waals surface area contributed by atoms with Crippen molar-refractivity contribution in [3.8, 4) is 0 Å². The summed E-state index contributed by atoms with van der Waals surface area (Å²) in [6.45, 7) is 2.25. The lowest BCUT2D eigenvalue weighted by molar-refractivity contribution is 0.592. The lowest BCUT2D eigenvalue weighted by Crippen LogP contribution is -2.14. The first-order chi connectivity index (χ1) is 7.03. The molecule has 0 fully saturated rings. The second kappa shape index (κ2) is 5.23. The molecule has 4 nitrogen and oxygen atoms in total. The normalized spacial score (nSPS) is 11.6. The number of pyridine rings is 1. The minimum atomic E-state index is -3.06. The van der Waals surface area contributed by atoms with Crippen molar-refractivity contribution in [2.75, 3.05) is 12.3 Å². The van der Waals surface area contributed by atoms with Crippen LogP contribution in [-0.4, -0.2) is 25.7 Å². The molecule has 0 radical (unpaired) electrons. The number of rotatable bonds is 5. The highest BCUT2D eigenvalue weighted by atomic mass is 32.2. The Morgan fingerprint density at radius 1 is 1.40 bits per heavy atom.